The molecule has 0 spiro atoms. The van der Waals surface area contributed by atoms with Gasteiger partial charge in [-0.2, -0.15) is 0 Å². The SMILES string of the molecule is O=C1NC(c2cccs2)C(=O)N1Cc1ccccc1. The molecule has 5 heteroatoms. The van der Waals surface area contributed by atoms with E-state index in [2.05, 4.69) is 5.32 Å². The third-order valence-corrected chi connectivity index (χ3v) is 3.97. The minimum atomic E-state index is -0.531. The maximum Gasteiger partial charge on any atom is 0.325 e. The largest absolute Gasteiger partial charge is 0.325 e. The number of amides is 3. The second-order valence-electron chi connectivity index (χ2n) is 4.31. The summed E-state index contributed by atoms with van der Waals surface area (Å²) in [5.41, 5.74) is 0.942. The van der Waals surface area contributed by atoms with Crippen molar-refractivity contribution in [1.82, 2.24) is 10.2 Å². The number of benzene rings is 1. The Morgan fingerprint density at radius 1 is 1.11 bits per heavy atom. The van der Waals surface area contributed by atoms with E-state index >= 15 is 0 Å². The Morgan fingerprint density at radius 2 is 1.89 bits per heavy atom. The van der Waals surface area contributed by atoms with Crippen molar-refractivity contribution in [3.8, 4) is 0 Å². The van der Waals surface area contributed by atoms with Crippen molar-refractivity contribution < 1.29 is 9.59 Å². The minimum absolute atomic E-state index is 0.184. The van der Waals surface area contributed by atoms with Crippen LogP contribution in [0.5, 0.6) is 0 Å². The average molecular weight is 272 g/mol. The summed E-state index contributed by atoms with van der Waals surface area (Å²) in [7, 11) is 0. The van der Waals surface area contributed by atoms with Crippen molar-refractivity contribution >= 4 is 23.3 Å². The van der Waals surface area contributed by atoms with Gasteiger partial charge in [0.25, 0.3) is 5.91 Å². The normalized spacial score (nSPS) is 18.7. The topological polar surface area (TPSA) is 49.4 Å². The number of rotatable bonds is 3. The highest BCUT2D eigenvalue weighted by atomic mass is 32.1. The number of hydrogen-bond acceptors (Lipinski definition) is 3. The third kappa shape index (κ3) is 2.24. The van der Waals surface area contributed by atoms with Crippen LogP contribution >= 0.6 is 11.3 Å². The van der Waals surface area contributed by atoms with Gasteiger partial charge in [-0.3, -0.25) is 9.69 Å². The van der Waals surface area contributed by atoms with Gasteiger partial charge in [0, 0.05) is 4.88 Å². The lowest BCUT2D eigenvalue weighted by atomic mass is 10.2. The minimum Gasteiger partial charge on any atom is -0.321 e. The van der Waals surface area contributed by atoms with E-state index in [0.717, 1.165) is 10.4 Å². The van der Waals surface area contributed by atoms with Gasteiger partial charge < -0.3 is 5.32 Å². The van der Waals surface area contributed by atoms with Gasteiger partial charge in [-0.25, -0.2) is 4.79 Å². The second-order valence-corrected chi connectivity index (χ2v) is 5.29. The van der Waals surface area contributed by atoms with E-state index in [1.54, 1.807) is 0 Å². The molecule has 1 saturated heterocycles. The fraction of sp³-hybridized carbons (Fsp3) is 0.143. The van der Waals surface area contributed by atoms with Gasteiger partial charge in [0.2, 0.25) is 0 Å². The summed E-state index contributed by atoms with van der Waals surface area (Å²) in [6.07, 6.45) is 0. The average Bonchev–Trinajstić information content (AvgIpc) is 3.03. The van der Waals surface area contributed by atoms with Gasteiger partial charge in [-0.05, 0) is 17.0 Å². The van der Waals surface area contributed by atoms with Crippen molar-refractivity contribution in [3.63, 3.8) is 0 Å². The van der Waals surface area contributed by atoms with E-state index < -0.39 is 6.04 Å². The summed E-state index contributed by atoms with van der Waals surface area (Å²) >= 11 is 1.47. The van der Waals surface area contributed by atoms with E-state index in [9.17, 15) is 9.59 Å². The monoisotopic (exact) mass is 272 g/mol. The van der Waals surface area contributed by atoms with Crippen LogP contribution in [0.1, 0.15) is 16.5 Å². The van der Waals surface area contributed by atoms with Crippen LogP contribution in [0.15, 0.2) is 47.8 Å². The molecule has 1 atom stereocenters. The first-order valence-corrected chi connectivity index (χ1v) is 6.83. The summed E-state index contributed by atoms with van der Waals surface area (Å²) in [4.78, 5) is 26.3. The van der Waals surface area contributed by atoms with Gasteiger partial charge in [-0.15, -0.1) is 11.3 Å². The lowest BCUT2D eigenvalue weighted by Gasteiger charge is -2.12. The maximum atomic E-state index is 12.3. The van der Waals surface area contributed by atoms with Crippen molar-refractivity contribution in [2.75, 3.05) is 0 Å². The molecule has 1 aliphatic rings. The Morgan fingerprint density at radius 3 is 2.58 bits per heavy atom. The Labute approximate surface area is 114 Å². The fourth-order valence-electron chi connectivity index (χ4n) is 2.08. The Bertz CT molecular complexity index is 595. The first-order valence-electron chi connectivity index (χ1n) is 5.95. The van der Waals surface area contributed by atoms with Gasteiger partial charge in [-0.1, -0.05) is 36.4 Å². The van der Waals surface area contributed by atoms with Crippen LogP contribution in [0.25, 0.3) is 0 Å². The number of hydrogen-bond donors (Lipinski definition) is 1. The van der Waals surface area contributed by atoms with Crippen molar-refractivity contribution in [1.29, 1.82) is 0 Å². The van der Waals surface area contributed by atoms with Crippen LogP contribution in [-0.4, -0.2) is 16.8 Å². The Kier molecular flexibility index (Phi) is 3.05. The smallest absolute Gasteiger partial charge is 0.321 e. The van der Waals surface area contributed by atoms with Gasteiger partial charge in [0.05, 0.1) is 6.54 Å². The number of thiophene rings is 1. The van der Waals surface area contributed by atoms with Gasteiger partial charge in [0.15, 0.2) is 0 Å². The van der Waals surface area contributed by atoms with E-state index in [-0.39, 0.29) is 11.9 Å². The van der Waals surface area contributed by atoms with E-state index in [0.29, 0.717) is 6.54 Å². The molecular weight excluding hydrogens is 260 g/mol. The molecule has 2 heterocycles. The molecule has 4 nitrogen and oxygen atoms in total. The molecule has 1 fully saturated rings. The molecular formula is C14H12N2O2S. The highest BCUT2D eigenvalue weighted by Gasteiger charge is 2.39. The summed E-state index contributed by atoms with van der Waals surface area (Å²) in [5.74, 6) is -0.184. The number of urea groups is 1. The molecule has 0 aliphatic carbocycles. The molecule has 1 aliphatic heterocycles. The molecule has 96 valence electrons. The predicted molar refractivity (Wildman–Crippen MR) is 72.6 cm³/mol. The van der Waals surface area contributed by atoms with Crippen molar-refractivity contribution in [3.05, 3.63) is 58.3 Å². The zero-order valence-electron chi connectivity index (χ0n) is 10.1. The van der Waals surface area contributed by atoms with Crippen LogP contribution < -0.4 is 5.32 Å². The molecule has 0 saturated carbocycles. The molecule has 1 aromatic heterocycles. The number of nitrogens with one attached hydrogen (secondary N) is 1. The standard InChI is InChI=1S/C14H12N2O2S/c17-13-12(11-7-4-8-19-11)15-14(18)16(13)9-10-5-2-1-3-6-10/h1-8,12H,9H2,(H,15,18). The van der Waals surface area contributed by atoms with Crippen molar-refractivity contribution in [2.45, 2.75) is 12.6 Å². The highest BCUT2D eigenvalue weighted by Crippen LogP contribution is 2.26. The molecule has 1 N–H and O–H groups in total. The maximum absolute atomic E-state index is 12.3. The number of nitrogens with zero attached hydrogens (tertiary/aromatic N) is 1. The van der Waals surface area contributed by atoms with E-state index in [1.807, 2.05) is 47.8 Å². The molecule has 1 unspecified atom stereocenters. The van der Waals surface area contributed by atoms with Crippen LogP contribution in [0.3, 0.4) is 0 Å². The van der Waals surface area contributed by atoms with Gasteiger partial charge >= 0.3 is 6.03 Å². The number of carbonyl (C=O) groups is 2. The summed E-state index contributed by atoms with van der Waals surface area (Å²) in [6.45, 7) is 0.313. The molecule has 19 heavy (non-hydrogen) atoms. The summed E-state index contributed by atoms with van der Waals surface area (Å²) in [5, 5.41) is 4.62. The van der Waals surface area contributed by atoms with E-state index in [4.69, 9.17) is 0 Å². The third-order valence-electron chi connectivity index (χ3n) is 3.04. The lowest BCUT2D eigenvalue weighted by molar-refractivity contribution is -0.127. The first-order chi connectivity index (χ1) is 9.25. The summed E-state index contributed by atoms with van der Waals surface area (Å²) in [6, 6.07) is 12.4. The lowest BCUT2D eigenvalue weighted by Crippen LogP contribution is -2.30. The zero-order valence-corrected chi connectivity index (χ0v) is 10.9. The molecule has 1 aromatic carbocycles. The quantitative estimate of drug-likeness (QED) is 0.873. The van der Waals surface area contributed by atoms with Crippen LogP contribution in [0, 0.1) is 0 Å². The highest BCUT2D eigenvalue weighted by molar-refractivity contribution is 7.10. The Balaban J connectivity index is 1.80. The second kappa shape index (κ2) is 4.85. The number of imide groups is 1. The Hall–Kier alpha value is -2.14. The zero-order chi connectivity index (χ0) is 13.2. The molecule has 0 radical (unpaired) electrons. The first kappa shape index (κ1) is 11.9. The van der Waals surface area contributed by atoms with Crippen LogP contribution in [0.2, 0.25) is 0 Å². The molecule has 0 bridgehead atoms. The molecule has 3 rings (SSSR count). The predicted octanol–water partition coefficient (Wildman–Crippen LogP) is 2.54. The van der Waals surface area contributed by atoms with E-state index in [1.165, 1.54) is 16.2 Å². The van der Waals surface area contributed by atoms with Crippen molar-refractivity contribution in [2.24, 2.45) is 0 Å². The summed E-state index contributed by atoms with van der Waals surface area (Å²) < 4.78 is 0. The number of carbonyl (C=O) groups excluding carboxylic acids is 2. The van der Waals surface area contributed by atoms with Gasteiger partial charge in [0.1, 0.15) is 6.04 Å². The van der Waals surface area contributed by atoms with Crippen LogP contribution in [0.4, 0.5) is 4.79 Å². The molecule has 2 aromatic rings. The molecule has 3 amide bonds. The fourth-order valence-corrected chi connectivity index (χ4v) is 2.85. The van der Waals surface area contributed by atoms with Crippen LogP contribution in [-0.2, 0) is 11.3 Å².